The van der Waals surface area contributed by atoms with Crippen molar-refractivity contribution in [3.05, 3.63) is 94.0 Å². The van der Waals surface area contributed by atoms with Crippen molar-refractivity contribution in [3.63, 3.8) is 0 Å². The molecule has 0 radical (unpaired) electrons. The van der Waals surface area contributed by atoms with Gasteiger partial charge in [0.2, 0.25) is 0 Å². The number of benzene rings is 3. The van der Waals surface area contributed by atoms with E-state index in [2.05, 4.69) is 4.98 Å². The predicted molar refractivity (Wildman–Crippen MR) is 122 cm³/mol. The Hall–Kier alpha value is -2.90. The van der Waals surface area contributed by atoms with Crippen molar-refractivity contribution in [3.8, 4) is 0 Å². The number of nitrogens with zero attached hydrogens (tertiary/aromatic N) is 2. The molecule has 164 valence electrons. The minimum atomic E-state index is -0.459. The van der Waals surface area contributed by atoms with Gasteiger partial charge in [0.1, 0.15) is 11.6 Å². The molecule has 1 aromatic heterocycles. The highest BCUT2D eigenvalue weighted by Gasteiger charge is 2.16. The third-order valence-electron chi connectivity index (χ3n) is 4.84. The molecule has 0 unspecified atom stereocenters. The molecule has 0 spiro atoms. The van der Waals surface area contributed by atoms with Crippen LogP contribution >= 0.6 is 23.4 Å². The van der Waals surface area contributed by atoms with Crippen molar-refractivity contribution < 1.29 is 18.3 Å². The summed E-state index contributed by atoms with van der Waals surface area (Å²) in [5, 5.41) is 0.681. The van der Waals surface area contributed by atoms with E-state index in [0.29, 0.717) is 34.1 Å². The maximum Gasteiger partial charge on any atom is 0.338 e. The first-order valence-electron chi connectivity index (χ1n) is 9.93. The van der Waals surface area contributed by atoms with E-state index in [9.17, 15) is 13.6 Å². The average Bonchev–Trinajstić information content (AvgIpc) is 3.11. The third-order valence-corrected chi connectivity index (χ3v) is 6.16. The molecule has 0 saturated heterocycles. The monoisotopic (exact) mass is 472 g/mol. The zero-order valence-corrected chi connectivity index (χ0v) is 18.7. The van der Waals surface area contributed by atoms with Crippen molar-refractivity contribution in [1.82, 2.24) is 9.55 Å². The molecule has 1 heterocycles. The summed E-state index contributed by atoms with van der Waals surface area (Å²) >= 11 is 7.24. The van der Waals surface area contributed by atoms with Gasteiger partial charge in [-0.3, -0.25) is 0 Å². The lowest BCUT2D eigenvalue weighted by molar-refractivity contribution is 0.0526. The van der Waals surface area contributed by atoms with E-state index in [4.69, 9.17) is 16.3 Å². The van der Waals surface area contributed by atoms with E-state index in [1.807, 2.05) is 10.6 Å². The van der Waals surface area contributed by atoms with Gasteiger partial charge in [0, 0.05) is 5.75 Å². The Morgan fingerprint density at radius 1 is 1.12 bits per heavy atom. The fourth-order valence-corrected chi connectivity index (χ4v) is 4.52. The summed E-state index contributed by atoms with van der Waals surface area (Å²) < 4.78 is 35.1. The number of carbonyl (C=O) groups is 1. The summed E-state index contributed by atoms with van der Waals surface area (Å²) in [6.07, 6.45) is 0. The van der Waals surface area contributed by atoms with Crippen LogP contribution in [0, 0.1) is 11.6 Å². The number of aromatic nitrogens is 2. The maximum absolute atomic E-state index is 14.3. The number of imidazole rings is 1. The molecule has 4 aromatic rings. The number of fused-ring (bicyclic) bond motifs is 1. The van der Waals surface area contributed by atoms with Crippen LogP contribution in [0.25, 0.3) is 11.0 Å². The van der Waals surface area contributed by atoms with Gasteiger partial charge in [-0.25, -0.2) is 18.6 Å². The molecular formula is C24H19ClF2N2O2S. The fourth-order valence-electron chi connectivity index (χ4n) is 3.33. The molecule has 0 aliphatic heterocycles. The zero-order valence-electron chi connectivity index (χ0n) is 17.1. The normalized spacial score (nSPS) is 11.1. The maximum atomic E-state index is 14.3. The number of thioether (sulfide) groups is 1. The van der Waals surface area contributed by atoms with Crippen LogP contribution in [0.2, 0.25) is 5.02 Å². The molecule has 0 aliphatic rings. The zero-order chi connectivity index (χ0) is 22.7. The van der Waals surface area contributed by atoms with E-state index in [1.54, 1.807) is 43.3 Å². The van der Waals surface area contributed by atoms with Crippen LogP contribution in [0.15, 0.2) is 65.8 Å². The molecule has 0 saturated carbocycles. The Balaban J connectivity index is 1.72. The van der Waals surface area contributed by atoms with Crippen LogP contribution in [0.3, 0.4) is 0 Å². The van der Waals surface area contributed by atoms with Crippen LogP contribution in [0.4, 0.5) is 8.78 Å². The fraction of sp³-hybridized carbons (Fsp3) is 0.167. The second-order valence-corrected chi connectivity index (χ2v) is 8.39. The van der Waals surface area contributed by atoms with Gasteiger partial charge in [0.25, 0.3) is 0 Å². The van der Waals surface area contributed by atoms with E-state index >= 15 is 0 Å². The highest BCUT2D eigenvalue weighted by molar-refractivity contribution is 7.98. The summed E-state index contributed by atoms with van der Waals surface area (Å²) in [5.41, 5.74) is 2.98. The number of esters is 1. The first-order chi connectivity index (χ1) is 15.5. The van der Waals surface area contributed by atoms with Crippen LogP contribution in [0.5, 0.6) is 0 Å². The van der Waals surface area contributed by atoms with E-state index in [-0.39, 0.29) is 17.4 Å². The highest BCUT2D eigenvalue weighted by Crippen LogP contribution is 2.30. The Kier molecular flexibility index (Phi) is 6.77. The smallest absolute Gasteiger partial charge is 0.338 e. The molecule has 0 atom stereocenters. The largest absolute Gasteiger partial charge is 0.462 e. The van der Waals surface area contributed by atoms with E-state index < -0.39 is 11.8 Å². The van der Waals surface area contributed by atoms with E-state index in [1.165, 1.54) is 30.0 Å². The summed E-state index contributed by atoms with van der Waals surface area (Å²) in [6, 6.07) is 16.3. The van der Waals surface area contributed by atoms with Crippen molar-refractivity contribution in [1.29, 1.82) is 0 Å². The summed E-state index contributed by atoms with van der Waals surface area (Å²) in [5.74, 6) is -0.904. The third kappa shape index (κ3) is 4.79. The molecule has 4 rings (SSSR count). The second-order valence-electron chi connectivity index (χ2n) is 7.04. The topological polar surface area (TPSA) is 44.1 Å². The first kappa shape index (κ1) is 22.3. The van der Waals surface area contributed by atoms with Gasteiger partial charge < -0.3 is 9.30 Å². The number of hydrogen-bond acceptors (Lipinski definition) is 4. The highest BCUT2D eigenvalue weighted by atomic mass is 35.5. The molecular weight excluding hydrogens is 454 g/mol. The summed E-state index contributed by atoms with van der Waals surface area (Å²) in [6.45, 7) is 2.39. The van der Waals surface area contributed by atoms with Crippen molar-refractivity contribution >= 4 is 40.4 Å². The molecule has 0 N–H and O–H groups in total. The number of halogens is 3. The van der Waals surface area contributed by atoms with Gasteiger partial charge in [-0.2, -0.15) is 0 Å². The van der Waals surface area contributed by atoms with Gasteiger partial charge >= 0.3 is 5.97 Å². The minimum absolute atomic E-state index is 0.0652. The number of carbonyl (C=O) groups excluding carboxylic acids is 1. The van der Waals surface area contributed by atoms with Gasteiger partial charge in [-0.05, 0) is 54.4 Å². The van der Waals surface area contributed by atoms with Crippen LogP contribution < -0.4 is 0 Å². The Labute approximate surface area is 193 Å². The van der Waals surface area contributed by atoms with Crippen molar-refractivity contribution in [2.75, 3.05) is 6.61 Å². The molecule has 8 heteroatoms. The van der Waals surface area contributed by atoms with Crippen molar-refractivity contribution in [2.24, 2.45) is 0 Å². The average molecular weight is 473 g/mol. The van der Waals surface area contributed by atoms with Gasteiger partial charge in [-0.1, -0.05) is 47.6 Å². The first-order valence-corrected chi connectivity index (χ1v) is 11.3. The number of rotatable bonds is 7. The van der Waals surface area contributed by atoms with Crippen LogP contribution in [0.1, 0.15) is 28.4 Å². The lowest BCUT2D eigenvalue weighted by Gasteiger charge is -2.10. The SMILES string of the molecule is CCOC(=O)c1ccc2c(c1)nc(SCc1cccc(Cl)c1F)n2Cc1cccc(F)c1. The second kappa shape index (κ2) is 9.71. The minimum Gasteiger partial charge on any atom is -0.462 e. The Morgan fingerprint density at radius 3 is 2.72 bits per heavy atom. The quantitative estimate of drug-likeness (QED) is 0.228. The van der Waals surface area contributed by atoms with Crippen LogP contribution in [-0.4, -0.2) is 22.1 Å². The molecule has 3 aromatic carbocycles. The standard InChI is InChI=1S/C24H19ClF2N2O2S/c1-2-31-23(30)16-9-10-21-20(12-16)28-24(29(21)13-15-5-3-7-18(26)11-15)32-14-17-6-4-8-19(25)22(17)27/h3-12H,2,13-14H2,1H3. The van der Waals surface area contributed by atoms with Gasteiger partial charge in [-0.15, -0.1) is 0 Å². The summed E-state index contributed by atoms with van der Waals surface area (Å²) in [7, 11) is 0. The lowest BCUT2D eigenvalue weighted by Crippen LogP contribution is -2.05. The number of ether oxygens (including phenoxy) is 1. The Morgan fingerprint density at radius 2 is 1.94 bits per heavy atom. The Bertz CT molecular complexity index is 1290. The molecule has 0 fully saturated rings. The molecule has 0 bridgehead atoms. The van der Waals surface area contributed by atoms with E-state index in [0.717, 1.165) is 11.1 Å². The molecule has 0 aliphatic carbocycles. The molecule has 32 heavy (non-hydrogen) atoms. The molecule has 4 nitrogen and oxygen atoms in total. The van der Waals surface area contributed by atoms with Gasteiger partial charge in [0.15, 0.2) is 5.16 Å². The predicted octanol–water partition coefficient (Wildman–Crippen LogP) is 6.49. The van der Waals surface area contributed by atoms with Crippen molar-refractivity contribution in [2.45, 2.75) is 24.4 Å². The number of hydrogen-bond donors (Lipinski definition) is 0. The summed E-state index contributed by atoms with van der Waals surface area (Å²) in [4.78, 5) is 16.8. The van der Waals surface area contributed by atoms with Crippen LogP contribution in [-0.2, 0) is 17.0 Å². The molecule has 0 amide bonds. The lowest BCUT2D eigenvalue weighted by atomic mass is 10.2. The van der Waals surface area contributed by atoms with Gasteiger partial charge in [0.05, 0.1) is 34.8 Å².